The topological polar surface area (TPSA) is 41.1 Å². The SMILES string of the molecule is CC(C)N(CC1CC1)c1cncc(CNC2CC2)n1. The van der Waals surface area contributed by atoms with E-state index < -0.39 is 0 Å². The second-order valence-corrected chi connectivity index (χ2v) is 6.21. The Hall–Kier alpha value is -1.16. The molecule has 1 heterocycles. The average Bonchev–Trinajstić information content (AvgIpc) is 3.27. The summed E-state index contributed by atoms with van der Waals surface area (Å²) in [6.07, 6.45) is 9.16. The molecule has 2 fully saturated rings. The quantitative estimate of drug-likeness (QED) is 0.817. The first-order chi connectivity index (χ1) is 9.22. The molecule has 2 saturated carbocycles. The highest BCUT2D eigenvalue weighted by molar-refractivity contribution is 5.38. The normalized spacial score (nSPS) is 18.9. The van der Waals surface area contributed by atoms with Crippen LogP contribution >= 0.6 is 0 Å². The van der Waals surface area contributed by atoms with Crippen LogP contribution in [0.15, 0.2) is 12.4 Å². The average molecular weight is 260 g/mol. The molecule has 0 atom stereocenters. The van der Waals surface area contributed by atoms with Crippen LogP contribution in [0.4, 0.5) is 5.82 Å². The maximum absolute atomic E-state index is 4.78. The molecule has 0 radical (unpaired) electrons. The van der Waals surface area contributed by atoms with E-state index in [2.05, 4.69) is 29.0 Å². The lowest BCUT2D eigenvalue weighted by atomic mass is 10.2. The van der Waals surface area contributed by atoms with E-state index in [1.54, 1.807) is 0 Å². The van der Waals surface area contributed by atoms with Gasteiger partial charge in [0.25, 0.3) is 0 Å². The Morgan fingerprint density at radius 1 is 1.26 bits per heavy atom. The number of anilines is 1. The van der Waals surface area contributed by atoms with Gasteiger partial charge >= 0.3 is 0 Å². The van der Waals surface area contributed by atoms with Gasteiger partial charge in [-0.15, -0.1) is 0 Å². The molecule has 3 rings (SSSR count). The smallest absolute Gasteiger partial charge is 0.147 e. The lowest BCUT2D eigenvalue weighted by Crippen LogP contribution is -2.34. The highest BCUT2D eigenvalue weighted by atomic mass is 15.2. The zero-order chi connectivity index (χ0) is 13.2. The van der Waals surface area contributed by atoms with E-state index in [0.717, 1.165) is 36.6 Å². The van der Waals surface area contributed by atoms with E-state index in [4.69, 9.17) is 4.98 Å². The molecular formula is C15H24N4. The maximum Gasteiger partial charge on any atom is 0.147 e. The molecular weight excluding hydrogens is 236 g/mol. The van der Waals surface area contributed by atoms with Gasteiger partial charge < -0.3 is 10.2 Å². The minimum Gasteiger partial charge on any atom is -0.353 e. The molecule has 1 N–H and O–H groups in total. The fraction of sp³-hybridized carbons (Fsp3) is 0.733. The zero-order valence-corrected chi connectivity index (χ0v) is 12.0. The monoisotopic (exact) mass is 260 g/mol. The number of nitrogens with zero attached hydrogens (tertiary/aromatic N) is 3. The maximum atomic E-state index is 4.78. The Kier molecular flexibility index (Phi) is 3.69. The van der Waals surface area contributed by atoms with E-state index in [1.807, 2.05) is 12.4 Å². The van der Waals surface area contributed by atoms with Crippen LogP contribution < -0.4 is 10.2 Å². The minimum absolute atomic E-state index is 0.488. The van der Waals surface area contributed by atoms with Crippen LogP contribution in [0.2, 0.25) is 0 Å². The number of aromatic nitrogens is 2. The van der Waals surface area contributed by atoms with Crippen molar-refractivity contribution in [2.24, 2.45) is 5.92 Å². The highest BCUT2D eigenvalue weighted by Gasteiger charge is 2.26. The summed E-state index contributed by atoms with van der Waals surface area (Å²) in [6, 6.07) is 1.21. The summed E-state index contributed by atoms with van der Waals surface area (Å²) >= 11 is 0. The first-order valence-electron chi connectivity index (χ1n) is 7.53. The lowest BCUT2D eigenvalue weighted by molar-refractivity contribution is 0.626. The molecule has 4 nitrogen and oxygen atoms in total. The minimum atomic E-state index is 0.488. The van der Waals surface area contributed by atoms with Crippen molar-refractivity contribution in [1.29, 1.82) is 0 Å². The van der Waals surface area contributed by atoms with Crippen LogP contribution in [0.1, 0.15) is 45.2 Å². The summed E-state index contributed by atoms with van der Waals surface area (Å²) in [6.45, 7) is 6.45. The van der Waals surface area contributed by atoms with Crippen LogP contribution in [0.25, 0.3) is 0 Å². The van der Waals surface area contributed by atoms with E-state index >= 15 is 0 Å². The van der Waals surface area contributed by atoms with Gasteiger partial charge in [0.1, 0.15) is 5.82 Å². The van der Waals surface area contributed by atoms with Gasteiger partial charge in [0.2, 0.25) is 0 Å². The van der Waals surface area contributed by atoms with Gasteiger partial charge in [-0.1, -0.05) is 0 Å². The van der Waals surface area contributed by atoms with E-state index in [9.17, 15) is 0 Å². The summed E-state index contributed by atoms with van der Waals surface area (Å²) in [5.41, 5.74) is 1.06. The second kappa shape index (κ2) is 5.45. The Morgan fingerprint density at radius 2 is 2.05 bits per heavy atom. The van der Waals surface area contributed by atoms with Crippen LogP contribution in [-0.2, 0) is 6.54 Å². The summed E-state index contributed by atoms with van der Waals surface area (Å²) in [7, 11) is 0. The number of hydrogen-bond acceptors (Lipinski definition) is 4. The van der Waals surface area contributed by atoms with Crippen molar-refractivity contribution in [2.45, 2.75) is 58.2 Å². The van der Waals surface area contributed by atoms with Crippen molar-refractivity contribution in [3.05, 3.63) is 18.1 Å². The van der Waals surface area contributed by atoms with E-state index in [0.29, 0.717) is 6.04 Å². The van der Waals surface area contributed by atoms with Gasteiger partial charge in [-0.05, 0) is 45.4 Å². The molecule has 0 aliphatic heterocycles. The molecule has 2 aliphatic rings. The fourth-order valence-electron chi connectivity index (χ4n) is 2.30. The first kappa shape index (κ1) is 12.9. The van der Waals surface area contributed by atoms with Crippen molar-refractivity contribution < 1.29 is 0 Å². The van der Waals surface area contributed by atoms with Crippen LogP contribution in [0.3, 0.4) is 0 Å². The molecule has 19 heavy (non-hydrogen) atoms. The summed E-state index contributed by atoms with van der Waals surface area (Å²) < 4.78 is 0. The lowest BCUT2D eigenvalue weighted by Gasteiger charge is -2.27. The predicted molar refractivity (Wildman–Crippen MR) is 77.1 cm³/mol. The van der Waals surface area contributed by atoms with Gasteiger partial charge in [-0.3, -0.25) is 4.98 Å². The third-order valence-electron chi connectivity index (χ3n) is 3.89. The van der Waals surface area contributed by atoms with Crippen molar-refractivity contribution in [3.63, 3.8) is 0 Å². The van der Waals surface area contributed by atoms with Crippen LogP contribution in [-0.4, -0.2) is 28.6 Å². The third kappa shape index (κ3) is 3.66. The molecule has 1 aromatic heterocycles. The van der Waals surface area contributed by atoms with Crippen molar-refractivity contribution >= 4 is 5.82 Å². The predicted octanol–water partition coefficient (Wildman–Crippen LogP) is 2.35. The van der Waals surface area contributed by atoms with Crippen molar-refractivity contribution in [1.82, 2.24) is 15.3 Å². The molecule has 0 bridgehead atoms. The molecule has 2 aliphatic carbocycles. The summed E-state index contributed by atoms with van der Waals surface area (Å²) in [5.74, 6) is 1.91. The van der Waals surface area contributed by atoms with Crippen molar-refractivity contribution in [2.75, 3.05) is 11.4 Å². The molecule has 0 aromatic carbocycles. The second-order valence-electron chi connectivity index (χ2n) is 6.21. The van der Waals surface area contributed by atoms with Crippen LogP contribution in [0, 0.1) is 5.92 Å². The molecule has 4 heteroatoms. The fourth-order valence-corrected chi connectivity index (χ4v) is 2.30. The Bertz CT molecular complexity index is 424. The third-order valence-corrected chi connectivity index (χ3v) is 3.89. The Labute approximate surface area is 115 Å². The molecule has 1 aromatic rings. The molecule has 0 unspecified atom stereocenters. The number of hydrogen-bond donors (Lipinski definition) is 1. The first-order valence-corrected chi connectivity index (χ1v) is 7.53. The standard InChI is InChI=1S/C15H24N4/c1-11(2)19(10-12-3-4-12)15-9-16-7-14(18-15)8-17-13-5-6-13/h7,9,11-13,17H,3-6,8,10H2,1-2H3. The van der Waals surface area contributed by atoms with Gasteiger partial charge in [0.05, 0.1) is 11.9 Å². The van der Waals surface area contributed by atoms with Gasteiger partial charge in [-0.2, -0.15) is 0 Å². The van der Waals surface area contributed by atoms with Gasteiger partial charge in [0, 0.05) is 31.4 Å². The zero-order valence-electron chi connectivity index (χ0n) is 12.0. The van der Waals surface area contributed by atoms with Gasteiger partial charge in [-0.25, -0.2) is 4.98 Å². The molecule has 104 valence electrons. The molecule has 0 spiro atoms. The molecule has 0 amide bonds. The largest absolute Gasteiger partial charge is 0.353 e. The van der Waals surface area contributed by atoms with E-state index in [1.165, 1.54) is 25.7 Å². The Morgan fingerprint density at radius 3 is 2.68 bits per heavy atom. The molecule has 0 saturated heterocycles. The van der Waals surface area contributed by atoms with Crippen LogP contribution in [0.5, 0.6) is 0 Å². The van der Waals surface area contributed by atoms with Crippen molar-refractivity contribution in [3.8, 4) is 0 Å². The summed E-state index contributed by atoms with van der Waals surface area (Å²) in [4.78, 5) is 11.5. The Balaban J connectivity index is 1.67. The highest BCUT2D eigenvalue weighted by Crippen LogP contribution is 2.31. The van der Waals surface area contributed by atoms with E-state index in [-0.39, 0.29) is 0 Å². The number of nitrogens with one attached hydrogen (secondary N) is 1. The summed E-state index contributed by atoms with van der Waals surface area (Å²) in [5, 5.41) is 3.50. The van der Waals surface area contributed by atoms with Gasteiger partial charge in [0.15, 0.2) is 0 Å². The number of rotatable bonds is 7.